The van der Waals surface area contributed by atoms with Crippen molar-refractivity contribution in [2.45, 2.75) is 30.4 Å². The maximum atomic E-state index is 12.8. The van der Waals surface area contributed by atoms with Gasteiger partial charge in [-0.25, -0.2) is 8.42 Å². The number of hydrogen-bond donors (Lipinski definition) is 3. The van der Waals surface area contributed by atoms with Crippen LogP contribution in [0.3, 0.4) is 0 Å². The van der Waals surface area contributed by atoms with Crippen molar-refractivity contribution < 1.29 is 22.0 Å². The molecule has 2 rings (SSSR count). The molecule has 0 bridgehead atoms. The van der Waals surface area contributed by atoms with Gasteiger partial charge in [0.05, 0.1) is 16.3 Å². The van der Waals surface area contributed by atoms with Crippen LogP contribution in [0.15, 0.2) is 47.4 Å². The average molecular weight is 434 g/mol. The van der Waals surface area contributed by atoms with Crippen LogP contribution in [0, 0.1) is 0 Å². The number of rotatable bonds is 8. The van der Waals surface area contributed by atoms with Crippen LogP contribution >= 0.6 is 12.4 Å². The molecule has 0 aliphatic rings. The van der Waals surface area contributed by atoms with Crippen molar-refractivity contribution in [1.29, 1.82) is 0 Å². The minimum Gasteiger partial charge on any atom is -0.399 e. The number of para-hydroxylation sites is 1. The second kappa shape index (κ2) is 10.2. The Bertz CT molecular complexity index is 924. The molecule has 0 spiro atoms. The van der Waals surface area contributed by atoms with E-state index < -0.39 is 20.5 Å². The van der Waals surface area contributed by atoms with Gasteiger partial charge in [-0.05, 0) is 43.2 Å². The number of amides is 1. The Morgan fingerprint density at radius 2 is 1.82 bits per heavy atom. The Balaban J connectivity index is 0.00000392. The van der Waals surface area contributed by atoms with Crippen LogP contribution < -0.4 is 16.4 Å². The van der Waals surface area contributed by atoms with Crippen molar-refractivity contribution in [1.82, 2.24) is 0 Å². The summed E-state index contributed by atoms with van der Waals surface area (Å²) < 4.78 is 48.9. The number of alkyl halides is 2. The van der Waals surface area contributed by atoms with Crippen molar-refractivity contribution >= 4 is 45.2 Å². The fourth-order valence-corrected chi connectivity index (χ4v) is 3.22. The molecule has 0 saturated carbocycles. The predicted octanol–water partition coefficient (Wildman–Crippen LogP) is 3.69. The average Bonchev–Trinajstić information content (AvgIpc) is 2.62. The highest BCUT2D eigenvalue weighted by Gasteiger charge is 2.27. The number of carbonyl (C=O) groups excluding carboxylic acids is 1. The number of anilines is 3. The molecule has 28 heavy (non-hydrogen) atoms. The number of nitrogen functional groups attached to an aromatic ring is 1. The van der Waals surface area contributed by atoms with E-state index in [2.05, 4.69) is 10.6 Å². The summed E-state index contributed by atoms with van der Waals surface area (Å²) in [7, 11) is -4.76. The lowest BCUT2D eigenvalue weighted by atomic mass is 10.1. The second-order valence-corrected chi connectivity index (χ2v) is 7.71. The van der Waals surface area contributed by atoms with Crippen molar-refractivity contribution in [3.05, 3.63) is 48.0 Å². The zero-order chi connectivity index (χ0) is 20.0. The molecule has 2 aromatic carbocycles. The van der Waals surface area contributed by atoms with Gasteiger partial charge in [0.2, 0.25) is 15.7 Å². The van der Waals surface area contributed by atoms with Gasteiger partial charge >= 0.3 is 5.76 Å². The van der Waals surface area contributed by atoms with Crippen molar-refractivity contribution in [3.8, 4) is 0 Å². The summed E-state index contributed by atoms with van der Waals surface area (Å²) >= 11 is 0. The lowest BCUT2D eigenvalue weighted by molar-refractivity contribution is -0.116. The fourth-order valence-electron chi connectivity index (χ4n) is 2.47. The minimum absolute atomic E-state index is 0. The first kappa shape index (κ1) is 23.6. The smallest absolute Gasteiger partial charge is 0.341 e. The van der Waals surface area contributed by atoms with Gasteiger partial charge < -0.3 is 16.4 Å². The van der Waals surface area contributed by atoms with E-state index in [9.17, 15) is 22.0 Å². The van der Waals surface area contributed by atoms with Crippen molar-refractivity contribution in [3.63, 3.8) is 0 Å². The monoisotopic (exact) mass is 433 g/mol. The van der Waals surface area contributed by atoms with Gasteiger partial charge in [0, 0.05) is 18.7 Å². The second-order valence-electron chi connectivity index (χ2n) is 5.79. The first-order valence-electron chi connectivity index (χ1n) is 8.29. The van der Waals surface area contributed by atoms with Gasteiger partial charge in [-0.2, -0.15) is 8.78 Å². The summed E-state index contributed by atoms with van der Waals surface area (Å²) in [6.45, 7) is 2.32. The molecule has 0 unspecified atom stereocenters. The lowest BCUT2D eigenvalue weighted by Crippen LogP contribution is -2.16. The van der Waals surface area contributed by atoms with Crippen LogP contribution in [0.25, 0.3) is 0 Å². The molecule has 10 heteroatoms. The molecule has 0 aliphatic carbocycles. The third kappa shape index (κ3) is 5.80. The Hall–Kier alpha value is -2.39. The van der Waals surface area contributed by atoms with Gasteiger partial charge in [0.25, 0.3) is 0 Å². The molecule has 0 fully saturated rings. The Morgan fingerprint density at radius 3 is 2.43 bits per heavy atom. The number of aryl methyl sites for hydroxylation is 1. The van der Waals surface area contributed by atoms with Crippen LogP contribution in [-0.2, 0) is 21.1 Å². The van der Waals surface area contributed by atoms with E-state index in [4.69, 9.17) is 5.73 Å². The molecular weight excluding hydrogens is 412 g/mol. The van der Waals surface area contributed by atoms with Crippen molar-refractivity contribution in [2.75, 3.05) is 22.9 Å². The van der Waals surface area contributed by atoms with Gasteiger partial charge in [-0.1, -0.05) is 18.2 Å². The number of nitrogens with two attached hydrogens (primary N) is 1. The first-order valence-corrected chi connectivity index (χ1v) is 9.83. The quantitative estimate of drug-likeness (QED) is 0.551. The highest BCUT2D eigenvalue weighted by Crippen LogP contribution is 2.28. The van der Waals surface area contributed by atoms with Crippen LogP contribution in [0.1, 0.15) is 18.9 Å². The predicted molar refractivity (Wildman–Crippen MR) is 109 cm³/mol. The third-order valence-electron chi connectivity index (χ3n) is 3.87. The van der Waals surface area contributed by atoms with E-state index in [0.717, 1.165) is 17.7 Å². The van der Waals surface area contributed by atoms with Crippen LogP contribution in [0.4, 0.5) is 25.8 Å². The maximum absolute atomic E-state index is 12.8. The zero-order valence-corrected chi connectivity index (χ0v) is 16.7. The van der Waals surface area contributed by atoms with Crippen LogP contribution in [-0.4, -0.2) is 26.6 Å². The van der Waals surface area contributed by atoms with E-state index in [-0.39, 0.29) is 30.4 Å². The van der Waals surface area contributed by atoms with E-state index in [1.807, 2.05) is 19.1 Å². The molecule has 2 aromatic rings. The van der Waals surface area contributed by atoms with E-state index in [0.29, 0.717) is 24.3 Å². The number of halogens is 3. The number of sulfone groups is 1. The summed E-state index contributed by atoms with van der Waals surface area (Å²) in [6, 6.07) is 10.6. The van der Waals surface area contributed by atoms with Crippen molar-refractivity contribution in [2.24, 2.45) is 0 Å². The standard InChI is InChI=1S/C18H21F2N3O3S.ClH/c1-2-22-15-9-8-13(27(25,26)18(19)20)11-16(15)23-17(24)10-7-12-5-3-4-6-14(12)21;/h3-6,8-9,11,18,22H,2,7,10,21H2,1H3,(H,23,24);1H. The molecule has 0 saturated heterocycles. The largest absolute Gasteiger partial charge is 0.399 e. The van der Waals surface area contributed by atoms with Crippen LogP contribution in [0.2, 0.25) is 0 Å². The molecule has 0 radical (unpaired) electrons. The normalized spacial score (nSPS) is 11.0. The highest BCUT2D eigenvalue weighted by molar-refractivity contribution is 7.91. The van der Waals surface area contributed by atoms with E-state index in [1.165, 1.54) is 6.07 Å². The summed E-state index contributed by atoms with van der Waals surface area (Å²) in [5.41, 5.74) is 7.80. The summed E-state index contributed by atoms with van der Waals surface area (Å²) in [5, 5.41) is 5.54. The molecule has 4 N–H and O–H groups in total. The van der Waals surface area contributed by atoms with E-state index >= 15 is 0 Å². The number of hydrogen-bond acceptors (Lipinski definition) is 5. The Morgan fingerprint density at radius 1 is 1.14 bits per heavy atom. The lowest BCUT2D eigenvalue weighted by Gasteiger charge is -2.14. The molecule has 0 aliphatic heterocycles. The van der Waals surface area contributed by atoms with Gasteiger partial charge in [-0.3, -0.25) is 4.79 Å². The molecule has 0 heterocycles. The summed E-state index contributed by atoms with van der Waals surface area (Å²) in [5.74, 6) is -3.92. The molecule has 0 aromatic heterocycles. The summed E-state index contributed by atoms with van der Waals surface area (Å²) in [6.07, 6.45) is 0.496. The van der Waals surface area contributed by atoms with Crippen LogP contribution in [0.5, 0.6) is 0 Å². The number of nitrogens with one attached hydrogen (secondary N) is 2. The Kier molecular flexibility index (Phi) is 8.64. The number of carbonyl (C=O) groups is 1. The molecule has 154 valence electrons. The third-order valence-corrected chi connectivity index (χ3v) is 5.25. The highest BCUT2D eigenvalue weighted by atomic mass is 35.5. The maximum Gasteiger partial charge on any atom is 0.341 e. The first-order chi connectivity index (χ1) is 12.8. The molecule has 0 atom stereocenters. The molecular formula is C18H22ClF2N3O3S. The number of benzene rings is 2. The van der Waals surface area contributed by atoms with Gasteiger partial charge in [0.15, 0.2) is 0 Å². The molecule has 1 amide bonds. The zero-order valence-electron chi connectivity index (χ0n) is 15.1. The topological polar surface area (TPSA) is 101 Å². The minimum atomic E-state index is -4.76. The summed E-state index contributed by atoms with van der Waals surface area (Å²) in [4.78, 5) is 11.7. The fraction of sp³-hybridized carbons (Fsp3) is 0.278. The SMILES string of the molecule is CCNc1ccc(S(=O)(=O)C(F)F)cc1NC(=O)CCc1ccccc1N.Cl. The van der Waals surface area contributed by atoms with E-state index in [1.54, 1.807) is 12.1 Å². The molecule has 6 nitrogen and oxygen atoms in total. The van der Waals surface area contributed by atoms with Gasteiger partial charge in [-0.15, -0.1) is 12.4 Å². The van der Waals surface area contributed by atoms with Gasteiger partial charge in [0.1, 0.15) is 0 Å². The Labute approximate surface area is 168 Å².